The molecule has 0 fully saturated rings. The molecule has 0 spiro atoms. The number of nitrogens with zero attached hydrogens (tertiary/aromatic N) is 2. The molecular weight excluding hydrogens is 471 g/mol. The molecule has 0 radical (unpaired) electrons. The fraction of sp³-hybridized carbons (Fsp3) is 0. The maximum absolute atomic E-state index is 5.98. The molecule has 6 aromatic rings. The smallest absolute Gasteiger partial charge is 0.227 e. The predicted molar refractivity (Wildman–Crippen MR) is 127 cm³/mol. The summed E-state index contributed by atoms with van der Waals surface area (Å²) in [5, 5.41) is 2.53. The highest BCUT2D eigenvalue weighted by Crippen LogP contribution is 2.33. The van der Waals surface area contributed by atoms with Crippen molar-refractivity contribution in [3.63, 3.8) is 0 Å². The Morgan fingerprint density at radius 2 is 1.34 bits per heavy atom. The van der Waals surface area contributed by atoms with Gasteiger partial charge in [0.25, 0.3) is 0 Å². The van der Waals surface area contributed by atoms with Gasteiger partial charge in [-0.25, -0.2) is 4.98 Å². The molecule has 2 aromatic heterocycles. The number of para-hydroxylation sites is 3. The Balaban J connectivity index is 1.51. The number of hydrogen-bond donors (Lipinski definition) is 0. The molecule has 3 nitrogen and oxygen atoms in total. The van der Waals surface area contributed by atoms with Crippen molar-refractivity contribution in [3.8, 4) is 17.1 Å². The van der Waals surface area contributed by atoms with E-state index in [9.17, 15) is 0 Å². The van der Waals surface area contributed by atoms with Crippen molar-refractivity contribution in [2.24, 2.45) is 0 Å². The minimum atomic E-state index is 0.651. The van der Waals surface area contributed by atoms with Gasteiger partial charge in [-0.05, 0) is 71.1 Å². The van der Waals surface area contributed by atoms with E-state index in [0.29, 0.717) is 5.89 Å². The van der Waals surface area contributed by atoms with Gasteiger partial charge in [0, 0.05) is 25.6 Å². The van der Waals surface area contributed by atoms with Gasteiger partial charge in [-0.15, -0.1) is 0 Å². The second kappa shape index (κ2) is 6.46. The molecule has 0 aliphatic rings. The van der Waals surface area contributed by atoms with Crippen LogP contribution >= 0.6 is 22.6 Å². The van der Waals surface area contributed by atoms with E-state index < -0.39 is 0 Å². The lowest BCUT2D eigenvalue weighted by molar-refractivity contribution is 0.620. The molecular formula is C25H15IN2O. The maximum Gasteiger partial charge on any atom is 0.227 e. The quantitative estimate of drug-likeness (QED) is 0.243. The number of rotatable bonds is 2. The zero-order valence-electron chi connectivity index (χ0n) is 15.3. The van der Waals surface area contributed by atoms with Crippen LogP contribution in [0.3, 0.4) is 0 Å². The Morgan fingerprint density at radius 3 is 2.00 bits per heavy atom. The van der Waals surface area contributed by atoms with Crippen LogP contribution in [-0.2, 0) is 0 Å². The summed E-state index contributed by atoms with van der Waals surface area (Å²) in [5.74, 6) is 0.651. The number of benzene rings is 4. The van der Waals surface area contributed by atoms with Crippen molar-refractivity contribution in [2.45, 2.75) is 0 Å². The van der Waals surface area contributed by atoms with E-state index in [1.54, 1.807) is 0 Å². The van der Waals surface area contributed by atoms with Crippen LogP contribution < -0.4 is 0 Å². The van der Waals surface area contributed by atoms with Crippen LogP contribution in [0.15, 0.2) is 95.4 Å². The Hall–Kier alpha value is -3.12. The third kappa shape index (κ3) is 2.59. The van der Waals surface area contributed by atoms with Crippen LogP contribution in [0.1, 0.15) is 0 Å². The summed E-state index contributed by atoms with van der Waals surface area (Å²) < 4.78 is 9.39. The Bertz CT molecular complexity index is 1460. The minimum absolute atomic E-state index is 0.651. The van der Waals surface area contributed by atoms with Crippen molar-refractivity contribution < 1.29 is 4.42 Å². The molecule has 0 atom stereocenters. The highest BCUT2D eigenvalue weighted by molar-refractivity contribution is 14.1. The molecule has 2 heterocycles. The van der Waals surface area contributed by atoms with Crippen LogP contribution in [0.4, 0.5) is 0 Å². The third-order valence-electron chi connectivity index (χ3n) is 5.32. The summed E-state index contributed by atoms with van der Waals surface area (Å²) in [6.07, 6.45) is 0. The summed E-state index contributed by atoms with van der Waals surface area (Å²) in [6.45, 7) is 0. The first-order chi connectivity index (χ1) is 14.3. The van der Waals surface area contributed by atoms with E-state index in [2.05, 4.69) is 100.0 Å². The molecule has 138 valence electrons. The van der Waals surface area contributed by atoms with E-state index in [0.717, 1.165) is 25.9 Å². The highest BCUT2D eigenvalue weighted by Gasteiger charge is 2.13. The van der Waals surface area contributed by atoms with Gasteiger partial charge in [0.1, 0.15) is 5.52 Å². The molecule has 4 aromatic carbocycles. The van der Waals surface area contributed by atoms with Crippen LogP contribution in [0, 0.1) is 3.57 Å². The van der Waals surface area contributed by atoms with E-state index in [1.807, 2.05) is 18.2 Å². The monoisotopic (exact) mass is 486 g/mol. The number of oxazole rings is 1. The zero-order valence-corrected chi connectivity index (χ0v) is 17.5. The second-order valence-corrected chi connectivity index (χ2v) is 8.18. The van der Waals surface area contributed by atoms with E-state index in [1.165, 1.54) is 21.8 Å². The summed E-state index contributed by atoms with van der Waals surface area (Å²) in [7, 11) is 0. The number of aromatic nitrogens is 2. The Labute approximate surface area is 180 Å². The predicted octanol–water partition coefficient (Wildman–Crippen LogP) is 7.20. The lowest BCUT2D eigenvalue weighted by Gasteiger charge is -2.08. The summed E-state index contributed by atoms with van der Waals surface area (Å²) in [5.41, 5.74) is 6.24. The largest absolute Gasteiger partial charge is 0.436 e. The van der Waals surface area contributed by atoms with Gasteiger partial charge in [-0.3, -0.25) is 0 Å². The van der Waals surface area contributed by atoms with Crippen LogP contribution in [-0.4, -0.2) is 9.55 Å². The lowest BCUT2D eigenvalue weighted by Crippen LogP contribution is -1.93. The summed E-state index contributed by atoms with van der Waals surface area (Å²) in [4.78, 5) is 4.69. The molecule has 29 heavy (non-hydrogen) atoms. The molecule has 4 heteroatoms. The van der Waals surface area contributed by atoms with Gasteiger partial charge in [0.05, 0.1) is 11.0 Å². The van der Waals surface area contributed by atoms with E-state index in [4.69, 9.17) is 9.40 Å². The average molecular weight is 486 g/mol. The highest BCUT2D eigenvalue weighted by atomic mass is 127. The third-order valence-corrected chi connectivity index (χ3v) is 6.19. The fourth-order valence-corrected chi connectivity index (χ4v) is 4.59. The molecule has 0 unspecified atom stereocenters. The van der Waals surface area contributed by atoms with Crippen LogP contribution in [0.5, 0.6) is 0 Å². The van der Waals surface area contributed by atoms with Gasteiger partial charge in [0.2, 0.25) is 5.89 Å². The first kappa shape index (κ1) is 16.8. The van der Waals surface area contributed by atoms with Crippen molar-refractivity contribution in [1.82, 2.24) is 9.55 Å². The molecule has 6 rings (SSSR count). The van der Waals surface area contributed by atoms with Crippen molar-refractivity contribution >= 4 is 55.5 Å². The van der Waals surface area contributed by atoms with Gasteiger partial charge >= 0.3 is 0 Å². The normalized spacial score (nSPS) is 11.6. The molecule has 0 N–H and O–H groups in total. The number of fused-ring (bicyclic) bond motifs is 4. The maximum atomic E-state index is 5.98. The van der Waals surface area contributed by atoms with Gasteiger partial charge in [0.15, 0.2) is 5.58 Å². The average Bonchev–Trinajstić information content (AvgIpc) is 3.34. The fourth-order valence-electron chi connectivity index (χ4n) is 3.99. The minimum Gasteiger partial charge on any atom is -0.436 e. The van der Waals surface area contributed by atoms with E-state index in [-0.39, 0.29) is 0 Å². The topological polar surface area (TPSA) is 31.0 Å². The molecule has 0 aliphatic carbocycles. The number of hydrogen-bond acceptors (Lipinski definition) is 2. The standard InChI is InChI=1S/C25H15IN2O/c26-20-8-5-11-23-24(20)27-25(29-23)16-12-14-17(15-13-16)28-21-9-3-1-6-18(21)19-7-2-4-10-22(19)28/h1-15H. The van der Waals surface area contributed by atoms with Crippen molar-refractivity contribution in [3.05, 3.63) is 94.6 Å². The SMILES string of the molecule is Ic1cccc2oc(-c3ccc(-n4c5ccccc5c5ccccc54)cc3)nc12. The van der Waals surface area contributed by atoms with Crippen LogP contribution in [0.25, 0.3) is 50.0 Å². The molecule has 0 saturated carbocycles. The van der Waals surface area contributed by atoms with Gasteiger partial charge < -0.3 is 8.98 Å². The van der Waals surface area contributed by atoms with Crippen molar-refractivity contribution in [1.29, 1.82) is 0 Å². The first-order valence-electron chi connectivity index (χ1n) is 9.44. The second-order valence-electron chi connectivity index (χ2n) is 7.02. The summed E-state index contributed by atoms with van der Waals surface area (Å²) >= 11 is 2.29. The Morgan fingerprint density at radius 1 is 0.690 bits per heavy atom. The molecule has 0 aliphatic heterocycles. The van der Waals surface area contributed by atoms with E-state index >= 15 is 0 Å². The zero-order chi connectivity index (χ0) is 19.4. The lowest BCUT2D eigenvalue weighted by atomic mass is 10.2. The molecule has 0 bridgehead atoms. The van der Waals surface area contributed by atoms with Crippen LogP contribution in [0.2, 0.25) is 0 Å². The van der Waals surface area contributed by atoms with Gasteiger partial charge in [-0.1, -0.05) is 42.5 Å². The first-order valence-corrected chi connectivity index (χ1v) is 10.5. The Kier molecular flexibility index (Phi) is 3.74. The summed E-state index contributed by atoms with van der Waals surface area (Å²) in [6, 6.07) is 31.5. The molecule has 0 amide bonds. The van der Waals surface area contributed by atoms with Gasteiger partial charge in [-0.2, -0.15) is 0 Å². The van der Waals surface area contributed by atoms with Crippen molar-refractivity contribution in [2.75, 3.05) is 0 Å². The number of halogens is 1. The molecule has 0 saturated heterocycles.